The standard InChI is InChI=1S/C15H22/c1-9-6-8-12-14(15(12,3)4)13-10(2)5-7-11(9)13/h12,14H,5-8H2,1-4H3. The van der Waals surface area contributed by atoms with Crippen molar-refractivity contribution >= 4 is 0 Å². The van der Waals surface area contributed by atoms with Crippen LogP contribution in [0.15, 0.2) is 22.3 Å². The third-order valence-corrected chi connectivity index (χ3v) is 5.24. The van der Waals surface area contributed by atoms with E-state index in [1.54, 1.807) is 22.3 Å². The van der Waals surface area contributed by atoms with Crippen LogP contribution >= 0.6 is 0 Å². The number of allylic oxidation sites excluding steroid dienone is 4. The monoisotopic (exact) mass is 202 g/mol. The van der Waals surface area contributed by atoms with Crippen LogP contribution in [0.3, 0.4) is 0 Å². The van der Waals surface area contributed by atoms with Gasteiger partial charge in [-0.05, 0) is 67.9 Å². The van der Waals surface area contributed by atoms with E-state index < -0.39 is 0 Å². The van der Waals surface area contributed by atoms with Gasteiger partial charge in [0.2, 0.25) is 0 Å². The largest absolute Gasteiger partial charge is 0.0698 e. The SMILES string of the molecule is CC1=C2CCC(C)=C2C2C(CC1)C2(C)C. The van der Waals surface area contributed by atoms with Gasteiger partial charge < -0.3 is 0 Å². The molecule has 0 heterocycles. The molecule has 2 unspecified atom stereocenters. The Bertz CT molecular complexity index is 379. The molecule has 3 aliphatic rings. The Hall–Kier alpha value is -0.520. The highest BCUT2D eigenvalue weighted by molar-refractivity contribution is 5.50. The topological polar surface area (TPSA) is 0 Å². The molecule has 0 radical (unpaired) electrons. The van der Waals surface area contributed by atoms with Crippen LogP contribution in [0.4, 0.5) is 0 Å². The maximum atomic E-state index is 2.47. The number of hydrogen-bond donors (Lipinski definition) is 0. The molecule has 1 fully saturated rings. The van der Waals surface area contributed by atoms with Gasteiger partial charge in [-0.2, -0.15) is 0 Å². The summed E-state index contributed by atoms with van der Waals surface area (Å²) in [5.74, 6) is 1.89. The highest BCUT2D eigenvalue weighted by atomic mass is 14.6. The number of rotatable bonds is 0. The predicted octanol–water partition coefficient (Wildman–Crippen LogP) is 4.48. The van der Waals surface area contributed by atoms with Gasteiger partial charge in [-0.3, -0.25) is 0 Å². The van der Waals surface area contributed by atoms with Gasteiger partial charge in [0.1, 0.15) is 0 Å². The van der Waals surface area contributed by atoms with Gasteiger partial charge in [-0.15, -0.1) is 0 Å². The van der Waals surface area contributed by atoms with E-state index in [-0.39, 0.29) is 0 Å². The molecule has 0 saturated heterocycles. The Labute approximate surface area is 93.5 Å². The number of hydrogen-bond acceptors (Lipinski definition) is 0. The fourth-order valence-corrected chi connectivity index (χ4v) is 4.11. The van der Waals surface area contributed by atoms with Crippen molar-refractivity contribution in [3.8, 4) is 0 Å². The molecule has 3 aliphatic carbocycles. The quantitative estimate of drug-likeness (QED) is 0.543. The molecule has 0 nitrogen and oxygen atoms in total. The fraction of sp³-hybridized carbons (Fsp3) is 0.733. The summed E-state index contributed by atoms with van der Waals surface area (Å²) in [6.45, 7) is 9.68. The average molecular weight is 202 g/mol. The Balaban J connectivity index is 2.10. The van der Waals surface area contributed by atoms with Crippen molar-refractivity contribution in [3.05, 3.63) is 22.3 Å². The zero-order valence-corrected chi connectivity index (χ0v) is 10.5. The van der Waals surface area contributed by atoms with E-state index >= 15 is 0 Å². The van der Waals surface area contributed by atoms with Gasteiger partial charge in [-0.1, -0.05) is 25.0 Å². The van der Waals surface area contributed by atoms with Crippen LogP contribution in [0, 0.1) is 17.3 Å². The molecule has 82 valence electrons. The lowest BCUT2D eigenvalue weighted by molar-refractivity contribution is 0.523. The third kappa shape index (κ3) is 1.14. The first-order valence-corrected chi connectivity index (χ1v) is 6.42. The lowest BCUT2D eigenvalue weighted by Crippen LogP contribution is -1.98. The highest BCUT2D eigenvalue weighted by Crippen LogP contribution is 2.68. The Kier molecular flexibility index (Phi) is 1.80. The minimum absolute atomic E-state index is 0.604. The molecular formula is C15H22. The molecule has 3 rings (SSSR count). The lowest BCUT2D eigenvalue weighted by atomic mass is 9.93. The molecule has 1 saturated carbocycles. The Morgan fingerprint density at radius 1 is 1.00 bits per heavy atom. The first-order chi connectivity index (χ1) is 7.03. The van der Waals surface area contributed by atoms with Crippen molar-refractivity contribution in [2.45, 2.75) is 53.4 Å². The van der Waals surface area contributed by atoms with E-state index in [4.69, 9.17) is 0 Å². The van der Waals surface area contributed by atoms with Crippen molar-refractivity contribution < 1.29 is 0 Å². The van der Waals surface area contributed by atoms with Crippen molar-refractivity contribution in [2.75, 3.05) is 0 Å². The smallest absolute Gasteiger partial charge is 0.00718 e. The summed E-state index contributed by atoms with van der Waals surface area (Å²) in [6, 6.07) is 0. The zero-order chi connectivity index (χ0) is 10.8. The first kappa shape index (κ1) is 9.69. The van der Waals surface area contributed by atoms with Crippen LogP contribution < -0.4 is 0 Å². The van der Waals surface area contributed by atoms with Crippen LogP contribution in [-0.2, 0) is 0 Å². The molecule has 0 aromatic carbocycles. The van der Waals surface area contributed by atoms with Gasteiger partial charge in [0, 0.05) is 0 Å². The van der Waals surface area contributed by atoms with E-state index in [9.17, 15) is 0 Å². The van der Waals surface area contributed by atoms with Crippen molar-refractivity contribution in [1.29, 1.82) is 0 Å². The van der Waals surface area contributed by atoms with Gasteiger partial charge >= 0.3 is 0 Å². The van der Waals surface area contributed by atoms with Gasteiger partial charge in [-0.25, -0.2) is 0 Å². The Morgan fingerprint density at radius 3 is 2.47 bits per heavy atom. The summed E-state index contributed by atoms with van der Waals surface area (Å²) in [7, 11) is 0. The maximum Gasteiger partial charge on any atom is -0.00718 e. The zero-order valence-electron chi connectivity index (χ0n) is 10.5. The molecule has 0 heteroatoms. The molecule has 0 aromatic rings. The molecule has 0 amide bonds. The van der Waals surface area contributed by atoms with E-state index in [1.165, 1.54) is 25.7 Å². The molecule has 0 N–H and O–H groups in total. The fourth-order valence-electron chi connectivity index (χ4n) is 4.11. The highest BCUT2D eigenvalue weighted by Gasteiger charge is 2.60. The Morgan fingerprint density at radius 2 is 1.73 bits per heavy atom. The average Bonchev–Trinajstić information content (AvgIpc) is 2.55. The molecule has 2 atom stereocenters. The van der Waals surface area contributed by atoms with Crippen LogP contribution in [0.5, 0.6) is 0 Å². The molecule has 0 aliphatic heterocycles. The second-order valence-electron chi connectivity index (χ2n) is 6.40. The minimum Gasteiger partial charge on any atom is -0.0698 e. The van der Waals surface area contributed by atoms with Crippen molar-refractivity contribution in [3.63, 3.8) is 0 Å². The van der Waals surface area contributed by atoms with Gasteiger partial charge in [0.25, 0.3) is 0 Å². The summed E-state index contributed by atoms with van der Waals surface area (Å²) in [5.41, 5.74) is 7.55. The normalized spacial score (nSPS) is 37.6. The second-order valence-corrected chi connectivity index (χ2v) is 6.40. The van der Waals surface area contributed by atoms with Crippen molar-refractivity contribution in [1.82, 2.24) is 0 Å². The summed E-state index contributed by atoms with van der Waals surface area (Å²) >= 11 is 0. The molecular weight excluding hydrogens is 180 g/mol. The van der Waals surface area contributed by atoms with Gasteiger partial charge in [0.05, 0.1) is 0 Å². The second kappa shape index (κ2) is 2.78. The summed E-state index contributed by atoms with van der Waals surface area (Å²) < 4.78 is 0. The van der Waals surface area contributed by atoms with Crippen LogP contribution in [0.2, 0.25) is 0 Å². The molecule has 0 bridgehead atoms. The first-order valence-electron chi connectivity index (χ1n) is 6.42. The molecule has 0 aromatic heterocycles. The summed E-state index contributed by atoms with van der Waals surface area (Å²) in [6.07, 6.45) is 5.47. The van der Waals surface area contributed by atoms with Gasteiger partial charge in [0.15, 0.2) is 0 Å². The summed E-state index contributed by atoms with van der Waals surface area (Å²) in [5, 5.41) is 0. The maximum absolute atomic E-state index is 2.47. The van der Waals surface area contributed by atoms with E-state index in [0.717, 1.165) is 11.8 Å². The van der Waals surface area contributed by atoms with Crippen LogP contribution in [-0.4, -0.2) is 0 Å². The lowest BCUT2D eigenvalue weighted by Gasteiger charge is -2.12. The minimum atomic E-state index is 0.604. The molecule has 15 heavy (non-hydrogen) atoms. The summed E-state index contributed by atoms with van der Waals surface area (Å²) in [4.78, 5) is 0. The van der Waals surface area contributed by atoms with Crippen molar-refractivity contribution in [2.24, 2.45) is 17.3 Å². The number of fused-ring (bicyclic) bond motifs is 3. The van der Waals surface area contributed by atoms with Crippen LogP contribution in [0.1, 0.15) is 53.4 Å². The third-order valence-electron chi connectivity index (χ3n) is 5.24. The predicted molar refractivity (Wildman–Crippen MR) is 64.6 cm³/mol. The van der Waals surface area contributed by atoms with E-state index in [2.05, 4.69) is 27.7 Å². The van der Waals surface area contributed by atoms with E-state index in [1.807, 2.05) is 0 Å². The molecule has 0 spiro atoms. The van der Waals surface area contributed by atoms with E-state index in [0.29, 0.717) is 5.41 Å². The van der Waals surface area contributed by atoms with Crippen LogP contribution in [0.25, 0.3) is 0 Å².